The van der Waals surface area contributed by atoms with Crippen LogP contribution >= 0.6 is 0 Å². The lowest BCUT2D eigenvalue weighted by Crippen LogP contribution is -2.36. The minimum Gasteiger partial charge on any atom is -0.496 e. The van der Waals surface area contributed by atoms with Gasteiger partial charge in [0.1, 0.15) is 17.1 Å². The number of morpholine rings is 1. The van der Waals surface area contributed by atoms with Crippen molar-refractivity contribution in [1.29, 1.82) is 0 Å². The van der Waals surface area contributed by atoms with Crippen LogP contribution < -0.4 is 15.1 Å². The Balaban J connectivity index is 1.62. The van der Waals surface area contributed by atoms with E-state index in [4.69, 9.17) is 14.5 Å². The molecule has 2 aliphatic rings. The van der Waals surface area contributed by atoms with Crippen LogP contribution in [0.5, 0.6) is 5.75 Å². The molecule has 2 aromatic heterocycles. The van der Waals surface area contributed by atoms with E-state index in [2.05, 4.69) is 37.8 Å². The molecule has 3 aromatic rings. The van der Waals surface area contributed by atoms with E-state index in [0.717, 1.165) is 41.2 Å². The highest BCUT2D eigenvalue weighted by atomic mass is 16.5. The number of anilines is 1. The molecule has 1 unspecified atom stereocenters. The van der Waals surface area contributed by atoms with Crippen LogP contribution in [0.15, 0.2) is 47.5 Å². The molecular weight excluding hydrogens is 458 g/mol. The van der Waals surface area contributed by atoms with Gasteiger partial charge in [-0.05, 0) is 41.7 Å². The number of hydrogen-bond donors (Lipinski definition) is 1. The first kappa shape index (κ1) is 24.1. The number of carboxylic acids is 1. The van der Waals surface area contributed by atoms with Crippen molar-refractivity contribution >= 4 is 11.8 Å². The molecule has 8 nitrogen and oxygen atoms in total. The molecule has 4 heterocycles. The molecule has 1 fully saturated rings. The van der Waals surface area contributed by atoms with E-state index in [-0.39, 0.29) is 17.0 Å². The fraction of sp³-hybridized carbons (Fsp3) is 0.393. The molecule has 1 aromatic carbocycles. The highest BCUT2D eigenvalue weighted by Gasteiger charge is 2.34. The molecular formula is C28H31N3O5. The average molecular weight is 490 g/mol. The van der Waals surface area contributed by atoms with E-state index in [9.17, 15) is 14.7 Å². The van der Waals surface area contributed by atoms with Gasteiger partial charge >= 0.3 is 5.97 Å². The molecule has 0 aliphatic carbocycles. The van der Waals surface area contributed by atoms with Gasteiger partial charge in [-0.25, -0.2) is 9.78 Å². The highest BCUT2D eigenvalue weighted by Crippen LogP contribution is 2.45. The van der Waals surface area contributed by atoms with Crippen molar-refractivity contribution in [1.82, 2.24) is 9.55 Å². The van der Waals surface area contributed by atoms with Crippen molar-refractivity contribution < 1.29 is 19.4 Å². The van der Waals surface area contributed by atoms with Gasteiger partial charge in [0.05, 0.1) is 26.0 Å². The van der Waals surface area contributed by atoms with Crippen molar-refractivity contribution in [2.75, 3.05) is 38.3 Å². The van der Waals surface area contributed by atoms with E-state index in [0.29, 0.717) is 31.1 Å². The monoisotopic (exact) mass is 489 g/mol. The van der Waals surface area contributed by atoms with E-state index >= 15 is 0 Å². The third kappa shape index (κ3) is 4.26. The molecule has 1 N–H and O–H groups in total. The summed E-state index contributed by atoms with van der Waals surface area (Å²) in [6.07, 6.45) is 4.06. The number of pyridine rings is 2. The van der Waals surface area contributed by atoms with Gasteiger partial charge in [-0.1, -0.05) is 20.8 Å². The highest BCUT2D eigenvalue weighted by molar-refractivity contribution is 5.88. The molecule has 1 saturated heterocycles. The summed E-state index contributed by atoms with van der Waals surface area (Å²) in [5, 5.41) is 9.55. The number of aromatic carboxylic acids is 1. The Bertz CT molecular complexity index is 1370. The first-order valence-corrected chi connectivity index (χ1v) is 12.2. The topological polar surface area (TPSA) is 93.9 Å². The molecule has 0 amide bonds. The fourth-order valence-corrected chi connectivity index (χ4v) is 5.17. The second-order valence-corrected chi connectivity index (χ2v) is 10.4. The van der Waals surface area contributed by atoms with Gasteiger partial charge in [-0.2, -0.15) is 0 Å². The normalized spacial score (nSPS) is 17.3. The molecule has 8 heteroatoms. The first-order valence-electron chi connectivity index (χ1n) is 12.2. The van der Waals surface area contributed by atoms with Crippen LogP contribution in [0.2, 0.25) is 0 Å². The third-order valence-corrected chi connectivity index (χ3v) is 7.15. The summed E-state index contributed by atoms with van der Waals surface area (Å²) in [7, 11) is 1.63. The van der Waals surface area contributed by atoms with E-state index < -0.39 is 11.4 Å². The van der Waals surface area contributed by atoms with Gasteiger partial charge in [0.25, 0.3) is 0 Å². The number of carbonyl (C=O) groups is 1. The van der Waals surface area contributed by atoms with Gasteiger partial charge in [0.15, 0.2) is 5.43 Å². The maximum Gasteiger partial charge on any atom is 0.341 e. The predicted molar refractivity (Wildman–Crippen MR) is 138 cm³/mol. The van der Waals surface area contributed by atoms with Crippen LogP contribution in [0.1, 0.15) is 42.7 Å². The van der Waals surface area contributed by atoms with Gasteiger partial charge in [-0.3, -0.25) is 4.79 Å². The molecule has 36 heavy (non-hydrogen) atoms. The van der Waals surface area contributed by atoms with E-state index in [1.807, 2.05) is 22.9 Å². The number of aromatic nitrogens is 2. The third-order valence-electron chi connectivity index (χ3n) is 7.15. The van der Waals surface area contributed by atoms with Gasteiger partial charge in [0, 0.05) is 54.3 Å². The maximum atomic E-state index is 12.7. The quantitative estimate of drug-likeness (QED) is 0.585. The number of hydrogen-bond acceptors (Lipinski definition) is 6. The molecule has 0 radical (unpaired) electrons. The standard InChI is InChI=1S/C28H31N3O5/c1-28(2,3)25-12-18-11-20(17-5-6-26(29-15-17)30-7-9-36-10-8-30)24(35-4)13-19(18)22-14-23(32)21(27(33)34)16-31(22)25/h5-6,11,13-16,25H,7-10,12H2,1-4H3,(H,33,34). The summed E-state index contributed by atoms with van der Waals surface area (Å²) in [4.78, 5) is 31.3. The number of ether oxygens (including phenoxy) is 2. The van der Waals surface area contributed by atoms with Crippen LogP contribution in [-0.4, -0.2) is 54.0 Å². The molecule has 0 spiro atoms. The Kier molecular flexibility index (Phi) is 6.08. The molecule has 0 saturated carbocycles. The summed E-state index contributed by atoms with van der Waals surface area (Å²) in [5.74, 6) is 0.384. The van der Waals surface area contributed by atoms with Crippen LogP contribution in [0.25, 0.3) is 22.4 Å². The number of fused-ring (bicyclic) bond motifs is 3. The molecule has 0 bridgehead atoms. The summed E-state index contributed by atoms with van der Waals surface area (Å²) in [6, 6.07) is 9.58. The smallest absolute Gasteiger partial charge is 0.341 e. The van der Waals surface area contributed by atoms with Gasteiger partial charge in [-0.15, -0.1) is 0 Å². The summed E-state index contributed by atoms with van der Waals surface area (Å²) >= 11 is 0. The van der Waals surface area contributed by atoms with Crippen molar-refractivity contribution in [2.24, 2.45) is 5.41 Å². The lowest BCUT2D eigenvalue weighted by atomic mass is 9.78. The maximum absolute atomic E-state index is 12.7. The largest absolute Gasteiger partial charge is 0.496 e. The second-order valence-electron chi connectivity index (χ2n) is 10.4. The Morgan fingerprint density at radius 2 is 1.89 bits per heavy atom. The number of nitrogens with zero attached hydrogens (tertiary/aromatic N) is 3. The van der Waals surface area contributed by atoms with E-state index in [1.54, 1.807) is 7.11 Å². The Morgan fingerprint density at radius 3 is 2.50 bits per heavy atom. The summed E-state index contributed by atoms with van der Waals surface area (Å²) in [6.45, 7) is 9.44. The SMILES string of the molecule is COc1cc2c(cc1-c1ccc(N3CCOCC3)nc1)CC(C(C)(C)C)n1cc(C(=O)O)c(=O)cc1-2. The number of benzene rings is 1. The van der Waals surface area contributed by atoms with Crippen molar-refractivity contribution in [3.8, 4) is 28.1 Å². The van der Waals surface area contributed by atoms with Gasteiger partial charge < -0.3 is 24.0 Å². The van der Waals surface area contributed by atoms with Crippen LogP contribution in [0, 0.1) is 5.41 Å². The van der Waals surface area contributed by atoms with Crippen LogP contribution in [0.4, 0.5) is 5.82 Å². The zero-order valence-corrected chi connectivity index (χ0v) is 21.1. The van der Waals surface area contributed by atoms with Crippen molar-refractivity contribution in [3.05, 3.63) is 64.1 Å². The van der Waals surface area contributed by atoms with E-state index in [1.165, 1.54) is 12.3 Å². The second kappa shape index (κ2) is 9.09. The lowest BCUT2D eigenvalue weighted by molar-refractivity contribution is 0.0693. The Labute approximate surface area is 210 Å². The Hall–Kier alpha value is -3.65. The number of carboxylic acid groups (broad SMARTS) is 1. The number of methoxy groups -OCH3 is 1. The van der Waals surface area contributed by atoms with Crippen LogP contribution in [0.3, 0.4) is 0 Å². The first-order chi connectivity index (χ1) is 17.2. The summed E-state index contributed by atoms with van der Waals surface area (Å²) < 4.78 is 13.2. The van der Waals surface area contributed by atoms with Crippen molar-refractivity contribution in [3.63, 3.8) is 0 Å². The predicted octanol–water partition coefficient (Wildman–Crippen LogP) is 4.26. The zero-order chi connectivity index (χ0) is 25.6. The lowest BCUT2D eigenvalue weighted by Gasteiger charge is -2.39. The molecule has 1 atom stereocenters. The van der Waals surface area contributed by atoms with Crippen molar-refractivity contribution in [2.45, 2.75) is 33.2 Å². The number of rotatable bonds is 4. The molecule has 188 valence electrons. The molecule has 2 aliphatic heterocycles. The van der Waals surface area contributed by atoms with Gasteiger partial charge in [0.2, 0.25) is 0 Å². The minimum atomic E-state index is -1.21. The van der Waals surface area contributed by atoms with Crippen LogP contribution in [-0.2, 0) is 11.2 Å². The Morgan fingerprint density at radius 1 is 1.14 bits per heavy atom. The summed E-state index contributed by atoms with van der Waals surface area (Å²) in [5.41, 5.74) is 3.67. The minimum absolute atomic E-state index is 0.0261. The average Bonchev–Trinajstić information content (AvgIpc) is 2.87. The molecule has 5 rings (SSSR count). The zero-order valence-electron chi connectivity index (χ0n) is 21.1. The fourth-order valence-electron chi connectivity index (χ4n) is 5.17.